The summed E-state index contributed by atoms with van der Waals surface area (Å²) >= 11 is 0. The van der Waals surface area contributed by atoms with Crippen LogP contribution < -0.4 is 0 Å². The molecule has 1 aromatic carbocycles. The number of hydrogen-bond donors (Lipinski definition) is 1. The van der Waals surface area contributed by atoms with E-state index >= 15 is 0 Å². The van der Waals surface area contributed by atoms with E-state index in [-0.39, 0.29) is 11.9 Å². The summed E-state index contributed by atoms with van der Waals surface area (Å²) in [6.45, 7) is 9.11. The number of aliphatic hydroxyl groups is 1. The van der Waals surface area contributed by atoms with Gasteiger partial charge in [-0.05, 0) is 123 Å². The second-order valence-corrected chi connectivity index (χ2v) is 14.3. The minimum Gasteiger partial charge on any atom is -0.393 e. The quantitative estimate of drug-likeness (QED) is 0.473. The average molecular weight is 489 g/mol. The normalized spacial score (nSPS) is 41.4. The van der Waals surface area contributed by atoms with Gasteiger partial charge >= 0.3 is 0 Å². The molecule has 34 heavy (non-hydrogen) atoms. The SMILES string of the molecule is CC.CC12CCC3C(CCC4CC(O)CCC43C)C1CCC2CCCS(=O)(=O)c1ccccc1. The maximum atomic E-state index is 12.7. The lowest BCUT2D eigenvalue weighted by Crippen LogP contribution is -2.53. The molecule has 8 atom stereocenters. The van der Waals surface area contributed by atoms with Crippen LogP contribution in [0.1, 0.15) is 98.3 Å². The first-order valence-corrected chi connectivity index (χ1v) is 15.8. The lowest BCUT2D eigenvalue weighted by atomic mass is 9.44. The Labute approximate surface area is 209 Å². The van der Waals surface area contributed by atoms with Gasteiger partial charge in [-0.1, -0.05) is 45.9 Å². The van der Waals surface area contributed by atoms with Crippen LogP contribution in [0.2, 0.25) is 0 Å². The third-order valence-electron chi connectivity index (χ3n) is 10.9. The highest BCUT2D eigenvalue weighted by Gasteiger charge is 2.59. The molecule has 4 heteroatoms. The first-order chi connectivity index (χ1) is 16.2. The number of benzene rings is 1. The first kappa shape index (κ1) is 26.2. The highest BCUT2D eigenvalue weighted by Crippen LogP contribution is 2.67. The summed E-state index contributed by atoms with van der Waals surface area (Å²) < 4.78 is 25.5. The zero-order valence-electron chi connectivity index (χ0n) is 22.0. The van der Waals surface area contributed by atoms with Crippen molar-refractivity contribution in [2.24, 2.45) is 40.4 Å². The molecule has 0 spiro atoms. The van der Waals surface area contributed by atoms with E-state index < -0.39 is 9.84 Å². The van der Waals surface area contributed by atoms with Crippen LogP contribution in [0.5, 0.6) is 0 Å². The molecule has 4 aliphatic rings. The highest BCUT2D eigenvalue weighted by atomic mass is 32.2. The molecule has 0 bridgehead atoms. The Morgan fingerprint density at radius 1 is 0.882 bits per heavy atom. The van der Waals surface area contributed by atoms with Crippen LogP contribution in [0.4, 0.5) is 0 Å². The van der Waals surface area contributed by atoms with Gasteiger partial charge in [0.1, 0.15) is 0 Å². The van der Waals surface area contributed by atoms with Crippen molar-refractivity contribution in [3.63, 3.8) is 0 Å². The van der Waals surface area contributed by atoms with Crippen molar-refractivity contribution in [1.29, 1.82) is 0 Å². The van der Waals surface area contributed by atoms with Crippen LogP contribution in [0.25, 0.3) is 0 Å². The van der Waals surface area contributed by atoms with E-state index in [4.69, 9.17) is 0 Å². The molecule has 3 nitrogen and oxygen atoms in total. The van der Waals surface area contributed by atoms with E-state index in [1.165, 1.54) is 44.9 Å². The van der Waals surface area contributed by atoms with Gasteiger partial charge in [-0.2, -0.15) is 0 Å². The standard InChI is InChI=1S/C28H42O3S.C2H6/c1-27-17-15-26-24(12-10-21-19-22(29)14-16-28(21,26)2)25(27)13-11-20(27)7-6-18-32(30,31)23-8-4-3-5-9-23;1-2/h3-5,8-9,20-22,24-26,29H,6-7,10-19H2,1-2H3;1-2H3. The van der Waals surface area contributed by atoms with E-state index in [9.17, 15) is 13.5 Å². The Balaban J connectivity index is 0.00000133. The summed E-state index contributed by atoms with van der Waals surface area (Å²) in [6.07, 6.45) is 13.0. The van der Waals surface area contributed by atoms with Gasteiger partial charge in [-0.3, -0.25) is 0 Å². The first-order valence-electron chi connectivity index (χ1n) is 14.2. The van der Waals surface area contributed by atoms with Gasteiger partial charge in [0.05, 0.1) is 16.8 Å². The van der Waals surface area contributed by atoms with Crippen molar-refractivity contribution >= 4 is 9.84 Å². The van der Waals surface area contributed by atoms with Crippen molar-refractivity contribution in [3.05, 3.63) is 30.3 Å². The van der Waals surface area contributed by atoms with E-state index in [1.807, 2.05) is 32.0 Å². The molecule has 0 saturated heterocycles. The Hall–Kier alpha value is -0.870. The predicted molar refractivity (Wildman–Crippen MR) is 140 cm³/mol. The molecule has 192 valence electrons. The Morgan fingerprint density at radius 3 is 2.29 bits per heavy atom. The molecule has 0 aromatic heterocycles. The molecule has 5 rings (SSSR count). The summed E-state index contributed by atoms with van der Waals surface area (Å²) in [5, 5.41) is 10.3. The Kier molecular flexibility index (Phi) is 7.89. The summed E-state index contributed by atoms with van der Waals surface area (Å²) in [5.74, 6) is 4.19. The molecule has 0 radical (unpaired) electrons. The molecule has 1 aromatic rings. The van der Waals surface area contributed by atoms with Crippen LogP contribution in [0, 0.1) is 40.4 Å². The van der Waals surface area contributed by atoms with E-state index in [1.54, 1.807) is 12.1 Å². The van der Waals surface area contributed by atoms with Crippen molar-refractivity contribution in [1.82, 2.24) is 0 Å². The van der Waals surface area contributed by atoms with Crippen LogP contribution >= 0.6 is 0 Å². The largest absolute Gasteiger partial charge is 0.393 e. The van der Waals surface area contributed by atoms with Crippen molar-refractivity contribution in [2.75, 3.05) is 5.75 Å². The van der Waals surface area contributed by atoms with Gasteiger partial charge in [0.2, 0.25) is 0 Å². The molecule has 0 aliphatic heterocycles. The van der Waals surface area contributed by atoms with Gasteiger partial charge in [0, 0.05) is 0 Å². The smallest absolute Gasteiger partial charge is 0.178 e. The van der Waals surface area contributed by atoms with Crippen molar-refractivity contribution in [3.8, 4) is 0 Å². The summed E-state index contributed by atoms with van der Waals surface area (Å²) in [6, 6.07) is 8.96. The Morgan fingerprint density at radius 2 is 1.56 bits per heavy atom. The monoisotopic (exact) mass is 488 g/mol. The topological polar surface area (TPSA) is 54.4 Å². The molecule has 0 amide bonds. The Bertz CT molecular complexity index is 912. The lowest BCUT2D eigenvalue weighted by Gasteiger charge is -2.61. The second kappa shape index (κ2) is 10.2. The van der Waals surface area contributed by atoms with Gasteiger partial charge < -0.3 is 5.11 Å². The third kappa shape index (κ3) is 4.63. The maximum Gasteiger partial charge on any atom is 0.178 e. The lowest BCUT2D eigenvalue weighted by molar-refractivity contribution is -0.126. The average Bonchev–Trinajstić information content (AvgIpc) is 3.18. The van der Waals surface area contributed by atoms with E-state index in [0.717, 1.165) is 49.4 Å². The van der Waals surface area contributed by atoms with Crippen LogP contribution in [-0.2, 0) is 9.84 Å². The van der Waals surface area contributed by atoms with Crippen molar-refractivity contribution in [2.45, 2.75) is 109 Å². The fraction of sp³-hybridized carbons (Fsp3) is 0.800. The maximum absolute atomic E-state index is 12.7. The zero-order valence-corrected chi connectivity index (χ0v) is 22.8. The number of aliphatic hydroxyl groups excluding tert-OH is 1. The third-order valence-corrected chi connectivity index (χ3v) is 12.7. The number of rotatable bonds is 5. The van der Waals surface area contributed by atoms with Gasteiger partial charge in [-0.15, -0.1) is 0 Å². The number of hydrogen-bond acceptors (Lipinski definition) is 3. The number of sulfone groups is 1. The minimum absolute atomic E-state index is 0.0680. The molecule has 8 unspecified atom stereocenters. The summed E-state index contributed by atoms with van der Waals surface area (Å²) in [4.78, 5) is 0.471. The van der Waals surface area contributed by atoms with Gasteiger partial charge in [0.25, 0.3) is 0 Å². The zero-order chi connectivity index (χ0) is 24.6. The molecular formula is C30H48O3S. The second-order valence-electron chi connectivity index (χ2n) is 12.2. The molecule has 1 N–H and O–H groups in total. The number of fused-ring (bicyclic) bond motifs is 5. The van der Waals surface area contributed by atoms with Gasteiger partial charge in [0.15, 0.2) is 9.84 Å². The molecule has 4 aliphatic carbocycles. The van der Waals surface area contributed by atoms with Crippen LogP contribution in [-0.4, -0.2) is 25.4 Å². The minimum atomic E-state index is -3.17. The summed E-state index contributed by atoms with van der Waals surface area (Å²) in [7, 11) is -3.17. The van der Waals surface area contributed by atoms with Crippen molar-refractivity contribution < 1.29 is 13.5 Å². The highest BCUT2D eigenvalue weighted by molar-refractivity contribution is 7.91. The predicted octanol–water partition coefficient (Wildman–Crippen LogP) is 7.29. The van der Waals surface area contributed by atoms with Crippen LogP contribution in [0.15, 0.2) is 35.2 Å². The fourth-order valence-electron chi connectivity index (χ4n) is 9.08. The van der Waals surface area contributed by atoms with E-state index in [2.05, 4.69) is 13.8 Å². The van der Waals surface area contributed by atoms with Gasteiger partial charge in [-0.25, -0.2) is 8.42 Å². The van der Waals surface area contributed by atoms with E-state index in [0.29, 0.717) is 21.6 Å². The summed E-state index contributed by atoms with van der Waals surface area (Å²) in [5.41, 5.74) is 0.834. The fourth-order valence-corrected chi connectivity index (χ4v) is 10.4. The molecule has 4 saturated carbocycles. The van der Waals surface area contributed by atoms with Crippen LogP contribution in [0.3, 0.4) is 0 Å². The molecule has 0 heterocycles. The molecule has 4 fully saturated rings. The molecular weight excluding hydrogens is 440 g/mol.